The number of halogens is 1. The zero-order valence-corrected chi connectivity index (χ0v) is 11.9. The Morgan fingerprint density at radius 3 is 2.60 bits per heavy atom. The largest absolute Gasteiger partial charge is 0.335 e. The normalized spacial score (nSPS) is 19.4. The standard InChI is InChI=1S/C13H15ClN4O2/c1-7(14)12(19)16-10-5-3-9(4-6-10)11-8(2)15-13(20)18-17-11/h3-8H,1-2H3,(H,16,19)(H2,15,18,20). The van der Waals surface area contributed by atoms with Crippen molar-refractivity contribution in [1.29, 1.82) is 0 Å². The van der Waals surface area contributed by atoms with E-state index >= 15 is 0 Å². The van der Waals surface area contributed by atoms with E-state index in [1.165, 1.54) is 0 Å². The number of rotatable bonds is 3. The number of amides is 3. The molecule has 3 N–H and O–H groups in total. The average molecular weight is 295 g/mol. The molecule has 0 saturated heterocycles. The zero-order chi connectivity index (χ0) is 14.7. The van der Waals surface area contributed by atoms with Gasteiger partial charge in [-0.2, -0.15) is 5.10 Å². The maximum Gasteiger partial charge on any atom is 0.335 e. The number of anilines is 1. The zero-order valence-electron chi connectivity index (χ0n) is 11.1. The van der Waals surface area contributed by atoms with Gasteiger partial charge in [-0.25, -0.2) is 10.2 Å². The summed E-state index contributed by atoms with van der Waals surface area (Å²) in [4.78, 5) is 22.6. The Kier molecular flexibility index (Phi) is 4.24. The molecule has 1 aromatic carbocycles. The van der Waals surface area contributed by atoms with Crippen LogP contribution in [0.15, 0.2) is 29.4 Å². The van der Waals surface area contributed by atoms with Crippen LogP contribution >= 0.6 is 11.6 Å². The van der Waals surface area contributed by atoms with Gasteiger partial charge in [-0.05, 0) is 26.0 Å². The third kappa shape index (κ3) is 3.27. The lowest BCUT2D eigenvalue weighted by Gasteiger charge is -2.21. The summed E-state index contributed by atoms with van der Waals surface area (Å²) in [7, 11) is 0. The van der Waals surface area contributed by atoms with Crippen molar-refractivity contribution in [1.82, 2.24) is 10.7 Å². The molecule has 0 spiro atoms. The van der Waals surface area contributed by atoms with Crippen molar-refractivity contribution in [3.8, 4) is 0 Å². The van der Waals surface area contributed by atoms with Crippen LogP contribution in [-0.2, 0) is 4.79 Å². The van der Waals surface area contributed by atoms with E-state index in [0.717, 1.165) is 11.3 Å². The van der Waals surface area contributed by atoms with Crippen molar-refractivity contribution in [2.45, 2.75) is 25.3 Å². The lowest BCUT2D eigenvalue weighted by Crippen LogP contribution is -2.48. The van der Waals surface area contributed by atoms with E-state index in [2.05, 4.69) is 21.2 Å². The number of hydrazone groups is 1. The van der Waals surface area contributed by atoms with Crippen LogP contribution in [0.4, 0.5) is 10.5 Å². The van der Waals surface area contributed by atoms with E-state index in [0.29, 0.717) is 5.69 Å². The highest BCUT2D eigenvalue weighted by Crippen LogP contribution is 2.13. The Bertz CT molecular complexity index is 554. The SMILES string of the molecule is CC(Cl)C(=O)Nc1ccc(C2=NNC(=O)NC2C)cc1. The molecule has 1 aromatic rings. The van der Waals surface area contributed by atoms with Crippen LogP contribution < -0.4 is 16.1 Å². The van der Waals surface area contributed by atoms with E-state index in [9.17, 15) is 9.59 Å². The Hall–Kier alpha value is -2.08. The molecule has 2 unspecified atom stereocenters. The summed E-state index contributed by atoms with van der Waals surface area (Å²) in [6, 6.07) is 6.68. The van der Waals surface area contributed by atoms with Gasteiger partial charge in [-0.1, -0.05) is 12.1 Å². The van der Waals surface area contributed by atoms with Crippen molar-refractivity contribution in [2.75, 3.05) is 5.32 Å². The summed E-state index contributed by atoms with van der Waals surface area (Å²) >= 11 is 5.68. The monoisotopic (exact) mass is 294 g/mol. The maximum atomic E-state index is 11.5. The Morgan fingerprint density at radius 1 is 1.40 bits per heavy atom. The van der Waals surface area contributed by atoms with Crippen LogP contribution in [0.5, 0.6) is 0 Å². The topological polar surface area (TPSA) is 82.6 Å². The van der Waals surface area contributed by atoms with Gasteiger partial charge in [0.25, 0.3) is 0 Å². The summed E-state index contributed by atoms with van der Waals surface area (Å²) < 4.78 is 0. The van der Waals surface area contributed by atoms with Gasteiger partial charge in [0.15, 0.2) is 0 Å². The van der Waals surface area contributed by atoms with Crippen LogP contribution in [0.1, 0.15) is 19.4 Å². The fourth-order valence-corrected chi connectivity index (χ4v) is 1.84. The first-order valence-electron chi connectivity index (χ1n) is 6.17. The molecule has 0 bridgehead atoms. The highest BCUT2D eigenvalue weighted by atomic mass is 35.5. The minimum atomic E-state index is -0.586. The molecule has 1 aliphatic rings. The molecule has 1 aliphatic heterocycles. The van der Waals surface area contributed by atoms with Crippen LogP contribution in [0, 0.1) is 0 Å². The number of nitrogens with one attached hydrogen (secondary N) is 3. The molecule has 7 heteroatoms. The highest BCUT2D eigenvalue weighted by Gasteiger charge is 2.20. The number of carbonyl (C=O) groups is 2. The summed E-state index contributed by atoms with van der Waals surface area (Å²) in [5.74, 6) is -0.253. The molecular formula is C13H15ClN4O2. The van der Waals surface area contributed by atoms with Crippen molar-refractivity contribution in [3.05, 3.63) is 29.8 Å². The Labute approximate surface area is 121 Å². The van der Waals surface area contributed by atoms with Gasteiger partial charge in [-0.15, -0.1) is 11.6 Å². The van der Waals surface area contributed by atoms with Crippen molar-refractivity contribution in [3.63, 3.8) is 0 Å². The second-order valence-corrected chi connectivity index (χ2v) is 5.14. The molecule has 0 fully saturated rings. The fourth-order valence-electron chi connectivity index (χ4n) is 1.79. The van der Waals surface area contributed by atoms with Crippen LogP contribution in [0.2, 0.25) is 0 Å². The summed E-state index contributed by atoms with van der Waals surface area (Å²) in [6.45, 7) is 3.46. The first-order chi connectivity index (χ1) is 9.47. The molecule has 2 atom stereocenters. The summed E-state index contributed by atoms with van der Waals surface area (Å²) in [6.07, 6.45) is 0. The Balaban J connectivity index is 2.12. The van der Waals surface area contributed by atoms with Gasteiger partial charge in [0.05, 0.1) is 11.8 Å². The minimum Gasteiger partial charge on any atom is -0.328 e. The van der Waals surface area contributed by atoms with Gasteiger partial charge < -0.3 is 10.6 Å². The van der Waals surface area contributed by atoms with Crippen LogP contribution in [0.3, 0.4) is 0 Å². The number of carbonyl (C=O) groups excluding carboxylic acids is 2. The fraction of sp³-hybridized carbons (Fsp3) is 0.308. The van der Waals surface area contributed by atoms with E-state index in [1.54, 1.807) is 19.1 Å². The van der Waals surface area contributed by atoms with Crippen LogP contribution in [0.25, 0.3) is 0 Å². The van der Waals surface area contributed by atoms with E-state index in [-0.39, 0.29) is 18.0 Å². The quantitative estimate of drug-likeness (QED) is 0.741. The van der Waals surface area contributed by atoms with Gasteiger partial charge in [-0.3, -0.25) is 4.79 Å². The molecule has 3 amide bonds. The molecular weight excluding hydrogens is 280 g/mol. The molecule has 0 saturated carbocycles. The lowest BCUT2D eigenvalue weighted by atomic mass is 10.0. The van der Waals surface area contributed by atoms with E-state index in [4.69, 9.17) is 11.6 Å². The maximum absolute atomic E-state index is 11.5. The third-order valence-electron chi connectivity index (χ3n) is 2.85. The molecule has 0 aliphatic carbocycles. The second kappa shape index (κ2) is 5.92. The predicted molar refractivity (Wildman–Crippen MR) is 78.1 cm³/mol. The molecule has 6 nitrogen and oxygen atoms in total. The summed E-state index contributed by atoms with van der Waals surface area (Å²) in [5, 5.41) is 8.86. The third-order valence-corrected chi connectivity index (χ3v) is 3.04. The van der Waals surface area contributed by atoms with Gasteiger partial charge >= 0.3 is 6.03 Å². The van der Waals surface area contributed by atoms with Crippen molar-refractivity contribution >= 4 is 34.9 Å². The van der Waals surface area contributed by atoms with E-state index in [1.807, 2.05) is 19.1 Å². The van der Waals surface area contributed by atoms with Crippen LogP contribution in [-0.4, -0.2) is 29.1 Å². The molecule has 2 rings (SSSR count). The number of nitrogens with zero attached hydrogens (tertiary/aromatic N) is 1. The van der Waals surface area contributed by atoms with Gasteiger partial charge in [0, 0.05) is 11.3 Å². The minimum absolute atomic E-state index is 0.174. The highest BCUT2D eigenvalue weighted by molar-refractivity contribution is 6.32. The van der Waals surface area contributed by atoms with Gasteiger partial charge in [0.1, 0.15) is 5.38 Å². The first kappa shape index (κ1) is 14.3. The van der Waals surface area contributed by atoms with Crippen molar-refractivity contribution in [2.24, 2.45) is 5.10 Å². The Morgan fingerprint density at radius 2 is 2.05 bits per heavy atom. The number of benzene rings is 1. The number of urea groups is 1. The van der Waals surface area contributed by atoms with Crippen molar-refractivity contribution < 1.29 is 9.59 Å². The predicted octanol–water partition coefficient (Wildman–Crippen LogP) is 1.66. The second-order valence-electron chi connectivity index (χ2n) is 4.49. The number of hydrogen-bond acceptors (Lipinski definition) is 3. The first-order valence-corrected chi connectivity index (χ1v) is 6.60. The molecule has 1 heterocycles. The molecule has 20 heavy (non-hydrogen) atoms. The molecule has 106 valence electrons. The molecule has 0 radical (unpaired) electrons. The number of hydrogen-bond donors (Lipinski definition) is 3. The average Bonchev–Trinajstić information content (AvgIpc) is 2.40. The van der Waals surface area contributed by atoms with E-state index < -0.39 is 5.38 Å². The van der Waals surface area contributed by atoms with Gasteiger partial charge in [0.2, 0.25) is 5.91 Å². The summed E-state index contributed by atoms with van der Waals surface area (Å²) in [5.41, 5.74) is 4.63. The number of alkyl halides is 1. The smallest absolute Gasteiger partial charge is 0.328 e. The lowest BCUT2D eigenvalue weighted by molar-refractivity contribution is -0.115. The molecule has 0 aromatic heterocycles.